The van der Waals surface area contributed by atoms with Crippen LogP contribution in [-0.2, 0) is 6.54 Å². The highest BCUT2D eigenvalue weighted by Crippen LogP contribution is 2.34. The van der Waals surface area contributed by atoms with Gasteiger partial charge in [-0.25, -0.2) is 9.48 Å². The van der Waals surface area contributed by atoms with Gasteiger partial charge in [0.15, 0.2) is 5.65 Å². The minimum absolute atomic E-state index is 0.258. The Morgan fingerprint density at radius 1 is 0.641 bits per heavy atom. The van der Waals surface area contributed by atoms with E-state index in [9.17, 15) is 4.79 Å². The van der Waals surface area contributed by atoms with E-state index >= 15 is 0 Å². The Hall–Kier alpha value is -4.77. The summed E-state index contributed by atoms with van der Waals surface area (Å²) in [7, 11) is 0. The molecule has 5 nitrogen and oxygen atoms in total. The van der Waals surface area contributed by atoms with E-state index in [2.05, 4.69) is 91.7 Å². The molecular formula is C34H32N4O. The van der Waals surface area contributed by atoms with Crippen LogP contribution in [0, 0.1) is 13.8 Å². The first-order valence-corrected chi connectivity index (χ1v) is 13.3. The van der Waals surface area contributed by atoms with Crippen LogP contribution in [0.4, 0.5) is 0 Å². The molecule has 39 heavy (non-hydrogen) atoms. The molecule has 0 aliphatic heterocycles. The number of benzene rings is 4. The number of aryl methyl sites for hydroxylation is 2. The Morgan fingerprint density at radius 2 is 1.18 bits per heavy atom. The van der Waals surface area contributed by atoms with Gasteiger partial charge in [-0.15, -0.1) is 5.10 Å². The Kier molecular flexibility index (Phi) is 7.50. The molecule has 0 radical (unpaired) electrons. The molecule has 0 bridgehead atoms. The van der Waals surface area contributed by atoms with E-state index in [0.29, 0.717) is 12.2 Å². The number of nitrogens with zero attached hydrogens (tertiary/aromatic N) is 4. The minimum atomic E-state index is -0.258. The largest absolute Gasteiger partial charge is 0.367 e. The maximum Gasteiger partial charge on any atom is 0.367 e. The monoisotopic (exact) mass is 512 g/mol. The summed E-state index contributed by atoms with van der Waals surface area (Å²) in [5.74, 6) is 0. The number of aromatic nitrogens is 4. The molecule has 2 aromatic heterocycles. The first kappa shape index (κ1) is 25.9. The van der Waals surface area contributed by atoms with E-state index in [1.807, 2.05) is 44.2 Å². The molecule has 0 unspecified atom stereocenters. The molecule has 6 aromatic rings. The van der Waals surface area contributed by atoms with Gasteiger partial charge in [-0.05, 0) is 41.7 Å². The van der Waals surface area contributed by atoms with E-state index in [1.165, 1.54) is 20.3 Å². The SMILES string of the molecule is CC.Cc1ccc(-c2cnn3c(=O)n(Cc4ccc(-c5ccccc5)cc4)nc3c2-c2ccc(C)cc2)cc1. The summed E-state index contributed by atoms with van der Waals surface area (Å²) in [5, 5.41) is 9.32. The smallest absolute Gasteiger partial charge is 0.244 e. The third-order valence-corrected chi connectivity index (χ3v) is 6.71. The molecule has 0 fully saturated rings. The lowest BCUT2D eigenvalue weighted by atomic mass is 9.96. The zero-order valence-corrected chi connectivity index (χ0v) is 22.8. The lowest BCUT2D eigenvalue weighted by Gasteiger charge is -2.11. The summed E-state index contributed by atoms with van der Waals surface area (Å²) in [6.07, 6.45) is 1.77. The summed E-state index contributed by atoms with van der Waals surface area (Å²) >= 11 is 0. The molecule has 0 atom stereocenters. The summed E-state index contributed by atoms with van der Waals surface area (Å²) in [5.41, 5.74) is 9.83. The lowest BCUT2D eigenvalue weighted by Crippen LogP contribution is -2.22. The second-order valence-corrected chi connectivity index (χ2v) is 9.40. The standard InChI is InChI=1S/C32H26N4O.C2H6/c1-22-8-14-27(15-9-22)29-20-33-36-31(30(29)28-16-10-23(2)11-17-28)34-35(32(36)37)21-24-12-18-26(19-13-24)25-6-4-3-5-7-25;1-2/h3-20H,21H2,1-2H3;1-2H3. The van der Waals surface area contributed by atoms with Crippen molar-refractivity contribution in [2.24, 2.45) is 0 Å². The van der Waals surface area contributed by atoms with Gasteiger partial charge in [0.25, 0.3) is 0 Å². The highest BCUT2D eigenvalue weighted by molar-refractivity contribution is 5.91. The molecule has 0 aliphatic rings. The molecule has 0 spiro atoms. The van der Waals surface area contributed by atoms with Crippen LogP contribution in [0.1, 0.15) is 30.5 Å². The number of fused-ring (bicyclic) bond motifs is 1. The van der Waals surface area contributed by atoms with Gasteiger partial charge in [0, 0.05) is 11.1 Å². The van der Waals surface area contributed by atoms with Crippen LogP contribution in [-0.4, -0.2) is 19.4 Å². The Balaban J connectivity index is 0.00000151. The Morgan fingerprint density at radius 3 is 1.79 bits per heavy atom. The summed E-state index contributed by atoms with van der Waals surface area (Å²) in [6, 6.07) is 35.2. The number of hydrogen-bond donors (Lipinski definition) is 0. The van der Waals surface area contributed by atoms with Crippen molar-refractivity contribution in [3.63, 3.8) is 0 Å². The van der Waals surface area contributed by atoms with Gasteiger partial charge >= 0.3 is 5.69 Å². The Labute approximate surface area is 229 Å². The van der Waals surface area contributed by atoms with Crippen LogP contribution in [0.3, 0.4) is 0 Å². The molecule has 0 saturated heterocycles. The predicted molar refractivity (Wildman–Crippen MR) is 160 cm³/mol. The van der Waals surface area contributed by atoms with E-state index in [0.717, 1.165) is 38.9 Å². The van der Waals surface area contributed by atoms with Crippen molar-refractivity contribution in [2.75, 3.05) is 0 Å². The van der Waals surface area contributed by atoms with Crippen molar-refractivity contribution in [3.8, 4) is 33.4 Å². The van der Waals surface area contributed by atoms with E-state index in [-0.39, 0.29) is 5.69 Å². The van der Waals surface area contributed by atoms with Crippen LogP contribution in [0.2, 0.25) is 0 Å². The van der Waals surface area contributed by atoms with E-state index in [4.69, 9.17) is 5.10 Å². The zero-order valence-electron chi connectivity index (χ0n) is 22.8. The molecule has 194 valence electrons. The van der Waals surface area contributed by atoms with Gasteiger partial charge in [0.05, 0.1) is 12.7 Å². The van der Waals surface area contributed by atoms with Crippen molar-refractivity contribution in [2.45, 2.75) is 34.2 Å². The maximum atomic E-state index is 13.4. The minimum Gasteiger partial charge on any atom is -0.244 e. The lowest BCUT2D eigenvalue weighted by molar-refractivity contribution is 0.650. The molecule has 0 aliphatic carbocycles. The van der Waals surface area contributed by atoms with Gasteiger partial charge in [-0.1, -0.05) is 128 Å². The topological polar surface area (TPSA) is 52.2 Å². The van der Waals surface area contributed by atoms with Crippen molar-refractivity contribution in [1.29, 1.82) is 0 Å². The number of rotatable bonds is 5. The van der Waals surface area contributed by atoms with Crippen molar-refractivity contribution >= 4 is 5.65 Å². The van der Waals surface area contributed by atoms with Gasteiger partial charge < -0.3 is 0 Å². The predicted octanol–water partition coefficient (Wildman–Crippen LogP) is 7.58. The zero-order chi connectivity index (χ0) is 27.4. The molecule has 5 heteroatoms. The van der Waals surface area contributed by atoms with Gasteiger partial charge in [-0.3, -0.25) is 0 Å². The molecule has 0 N–H and O–H groups in total. The van der Waals surface area contributed by atoms with Crippen molar-refractivity contribution in [3.05, 3.63) is 136 Å². The highest BCUT2D eigenvalue weighted by atomic mass is 16.2. The summed E-state index contributed by atoms with van der Waals surface area (Å²) < 4.78 is 2.90. The molecule has 4 aromatic carbocycles. The highest BCUT2D eigenvalue weighted by Gasteiger charge is 2.19. The second kappa shape index (κ2) is 11.3. The molecule has 0 saturated carbocycles. The quantitative estimate of drug-likeness (QED) is 0.239. The van der Waals surface area contributed by atoms with Crippen molar-refractivity contribution in [1.82, 2.24) is 19.4 Å². The first-order chi connectivity index (χ1) is 19.1. The molecular weight excluding hydrogens is 480 g/mol. The van der Waals surface area contributed by atoms with E-state index in [1.54, 1.807) is 6.20 Å². The van der Waals surface area contributed by atoms with Crippen LogP contribution in [0.25, 0.3) is 39.0 Å². The van der Waals surface area contributed by atoms with Crippen LogP contribution < -0.4 is 5.69 Å². The number of hydrogen-bond acceptors (Lipinski definition) is 3. The second-order valence-electron chi connectivity index (χ2n) is 9.40. The average molecular weight is 513 g/mol. The first-order valence-electron chi connectivity index (χ1n) is 13.3. The fraction of sp³-hybridized carbons (Fsp3) is 0.147. The fourth-order valence-electron chi connectivity index (χ4n) is 4.63. The fourth-order valence-corrected chi connectivity index (χ4v) is 4.63. The molecule has 0 amide bonds. The van der Waals surface area contributed by atoms with Crippen LogP contribution >= 0.6 is 0 Å². The Bertz CT molecular complexity index is 1750. The average Bonchev–Trinajstić information content (AvgIpc) is 3.30. The van der Waals surface area contributed by atoms with Crippen molar-refractivity contribution < 1.29 is 0 Å². The third-order valence-electron chi connectivity index (χ3n) is 6.71. The van der Waals surface area contributed by atoms with Gasteiger partial charge in [0.2, 0.25) is 0 Å². The van der Waals surface area contributed by atoms with Crippen LogP contribution in [0.5, 0.6) is 0 Å². The van der Waals surface area contributed by atoms with E-state index < -0.39 is 0 Å². The van der Waals surface area contributed by atoms with Crippen LogP contribution in [0.15, 0.2) is 114 Å². The van der Waals surface area contributed by atoms with Gasteiger partial charge in [-0.2, -0.15) is 9.61 Å². The maximum absolute atomic E-state index is 13.4. The summed E-state index contributed by atoms with van der Waals surface area (Å²) in [6.45, 7) is 8.50. The summed E-state index contributed by atoms with van der Waals surface area (Å²) in [4.78, 5) is 13.4. The molecule has 2 heterocycles. The third kappa shape index (κ3) is 5.30. The normalized spacial score (nSPS) is 10.8. The molecule has 6 rings (SSSR count). The van der Waals surface area contributed by atoms with Gasteiger partial charge in [0.1, 0.15) is 0 Å².